The van der Waals surface area contributed by atoms with Crippen LogP contribution in [0, 0.1) is 17.8 Å². The molecule has 1 unspecified atom stereocenters. The third kappa shape index (κ3) is 1.94. The Morgan fingerprint density at radius 2 is 2.25 bits per heavy atom. The minimum absolute atomic E-state index is 0.0959. The molecule has 1 saturated carbocycles. The van der Waals surface area contributed by atoms with Gasteiger partial charge in [0.1, 0.15) is 0 Å². The van der Waals surface area contributed by atoms with E-state index in [2.05, 4.69) is 10.4 Å². The van der Waals surface area contributed by atoms with E-state index in [-0.39, 0.29) is 17.9 Å². The minimum atomic E-state index is -0.154. The largest absolute Gasteiger partial charge is 0.381 e. The highest BCUT2D eigenvalue weighted by atomic mass is 16.5. The Morgan fingerprint density at radius 3 is 2.95 bits per heavy atom. The van der Waals surface area contributed by atoms with E-state index < -0.39 is 0 Å². The van der Waals surface area contributed by atoms with Crippen molar-refractivity contribution in [1.82, 2.24) is 15.1 Å². The van der Waals surface area contributed by atoms with Crippen molar-refractivity contribution in [3.8, 4) is 0 Å². The molecule has 3 aliphatic rings. The molecule has 6 nitrogen and oxygen atoms in total. The fourth-order valence-electron chi connectivity index (χ4n) is 3.50. The molecule has 1 aromatic rings. The Labute approximate surface area is 117 Å². The summed E-state index contributed by atoms with van der Waals surface area (Å²) in [5, 5.41) is 7.34. The number of aromatic nitrogens is 2. The lowest BCUT2D eigenvalue weighted by atomic mass is 9.96. The van der Waals surface area contributed by atoms with E-state index in [4.69, 9.17) is 9.47 Å². The van der Waals surface area contributed by atoms with Gasteiger partial charge < -0.3 is 14.8 Å². The van der Waals surface area contributed by atoms with Crippen LogP contribution >= 0.6 is 0 Å². The van der Waals surface area contributed by atoms with Crippen molar-refractivity contribution in [3.05, 3.63) is 18.0 Å². The van der Waals surface area contributed by atoms with Crippen molar-refractivity contribution in [2.75, 3.05) is 19.8 Å². The number of nitrogens with one attached hydrogen (secondary N) is 1. The Balaban J connectivity index is 1.43. The van der Waals surface area contributed by atoms with E-state index in [1.807, 2.05) is 13.2 Å². The number of hydrogen-bond donors (Lipinski definition) is 1. The van der Waals surface area contributed by atoms with Crippen LogP contribution in [0.5, 0.6) is 0 Å². The van der Waals surface area contributed by atoms with E-state index >= 15 is 0 Å². The standard InChI is InChI=1S/C14H19N3O3/c1-17-5-8(4-15-17)13-9(2-3-20-13)14(18)16-12-10-6-19-7-11(10)12/h4-5,9-13H,2-3,6-7H2,1H3,(H,16,18)/t9-,10-,11+,12?,13+/m0/s1. The number of nitrogens with zero attached hydrogens (tertiary/aromatic N) is 2. The third-order valence-corrected chi connectivity index (χ3v) is 4.74. The number of aryl methyl sites for hydroxylation is 1. The average Bonchev–Trinajstić information content (AvgIpc) is 2.97. The average molecular weight is 277 g/mol. The molecule has 3 fully saturated rings. The molecule has 1 N–H and O–H groups in total. The lowest BCUT2D eigenvalue weighted by molar-refractivity contribution is -0.127. The normalized spacial score (nSPS) is 38.8. The van der Waals surface area contributed by atoms with Crippen molar-refractivity contribution >= 4 is 5.91 Å². The number of carbonyl (C=O) groups is 1. The fourth-order valence-corrected chi connectivity index (χ4v) is 3.50. The summed E-state index contributed by atoms with van der Waals surface area (Å²) in [4.78, 5) is 12.5. The van der Waals surface area contributed by atoms with Gasteiger partial charge in [-0.2, -0.15) is 5.10 Å². The van der Waals surface area contributed by atoms with Crippen LogP contribution in [-0.4, -0.2) is 41.6 Å². The monoisotopic (exact) mass is 277 g/mol. The molecule has 108 valence electrons. The van der Waals surface area contributed by atoms with Crippen molar-refractivity contribution in [2.24, 2.45) is 24.8 Å². The first-order chi connectivity index (χ1) is 9.74. The smallest absolute Gasteiger partial charge is 0.226 e. The number of hydrogen-bond acceptors (Lipinski definition) is 4. The lowest BCUT2D eigenvalue weighted by Gasteiger charge is -2.17. The second-order valence-electron chi connectivity index (χ2n) is 6.03. The molecule has 0 bridgehead atoms. The van der Waals surface area contributed by atoms with Crippen molar-refractivity contribution in [3.63, 3.8) is 0 Å². The second kappa shape index (κ2) is 4.56. The molecular formula is C14H19N3O3. The fraction of sp³-hybridized carbons (Fsp3) is 0.714. The SMILES string of the molecule is Cn1cc([C@H]2OCC[C@@H]2C(=O)NC2[C@H]3COC[C@@H]23)cn1. The summed E-state index contributed by atoms with van der Waals surface area (Å²) in [5.74, 6) is 1.11. The van der Waals surface area contributed by atoms with Crippen LogP contribution in [0.2, 0.25) is 0 Å². The van der Waals surface area contributed by atoms with Gasteiger partial charge in [0.15, 0.2) is 0 Å². The predicted molar refractivity (Wildman–Crippen MR) is 69.7 cm³/mol. The summed E-state index contributed by atoms with van der Waals surface area (Å²) in [5.41, 5.74) is 0.990. The Kier molecular flexibility index (Phi) is 2.82. The molecule has 1 aliphatic carbocycles. The summed E-state index contributed by atoms with van der Waals surface area (Å²) in [6.07, 6.45) is 4.34. The van der Waals surface area contributed by atoms with Gasteiger partial charge in [-0.15, -0.1) is 0 Å². The van der Waals surface area contributed by atoms with Gasteiger partial charge >= 0.3 is 0 Å². The first-order valence-electron chi connectivity index (χ1n) is 7.22. The molecule has 5 atom stereocenters. The number of rotatable bonds is 3. The molecule has 0 aromatic carbocycles. The molecular weight excluding hydrogens is 258 g/mol. The highest BCUT2D eigenvalue weighted by molar-refractivity contribution is 5.80. The maximum Gasteiger partial charge on any atom is 0.226 e. The molecule has 0 radical (unpaired) electrons. The molecule has 1 aromatic heterocycles. The van der Waals surface area contributed by atoms with Gasteiger partial charge in [-0.3, -0.25) is 9.48 Å². The summed E-state index contributed by atoms with van der Waals surface area (Å²) in [7, 11) is 1.87. The molecule has 1 amide bonds. The van der Waals surface area contributed by atoms with E-state index in [0.29, 0.717) is 24.5 Å². The van der Waals surface area contributed by atoms with E-state index in [1.54, 1.807) is 10.9 Å². The number of carbonyl (C=O) groups excluding carboxylic acids is 1. The quantitative estimate of drug-likeness (QED) is 0.860. The summed E-state index contributed by atoms with van der Waals surface area (Å²) < 4.78 is 12.8. The summed E-state index contributed by atoms with van der Waals surface area (Å²) in [6, 6.07) is 0.325. The first-order valence-corrected chi connectivity index (χ1v) is 7.22. The molecule has 0 spiro atoms. The first kappa shape index (κ1) is 12.3. The van der Waals surface area contributed by atoms with Gasteiger partial charge in [0, 0.05) is 43.3 Å². The molecule has 20 heavy (non-hydrogen) atoms. The molecule has 2 saturated heterocycles. The van der Waals surface area contributed by atoms with Crippen LogP contribution in [0.15, 0.2) is 12.4 Å². The van der Waals surface area contributed by atoms with Gasteiger partial charge in [0.25, 0.3) is 0 Å². The van der Waals surface area contributed by atoms with Crippen LogP contribution in [0.1, 0.15) is 18.1 Å². The molecule has 6 heteroatoms. The van der Waals surface area contributed by atoms with Crippen LogP contribution in [-0.2, 0) is 21.3 Å². The molecule has 3 heterocycles. The number of fused-ring (bicyclic) bond motifs is 1. The second-order valence-corrected chi connectivity index (χ2v) is 6.03. The highest BCUT2D eigenvalue weighted by Crippen LogP contribution is 2.45. The van der Waals surface area contributed by atoms with Crippen LogP contribution < -0.4 is 5.32 Å². The zero-order valence-corrected chi connectivity index (χ0v) is 11.5. The maximum absolute atomic E-state index is 12.5. The van der Waals surface area contributed by atoms with Crippen LogP contribution in [0.25, 0.3) is 0 Å². The maximum atomic E-state index is 12.5. The zero-order chi connectivity index (χ0) is 13.7. The van der Waals surface area contributed by atoms with Gasteiger partial charge in [-0.05, 0) is 6.42 Å². The number of amides is 1. The molecule has 2 aliphatic heterocycles. The number of ether oxygens (including phenoxy) is 2. The Bertz CT molecular complexity index is 519. The predicted octanol–water partition coefficient (Wildman–Crippen LogP) is 0.259. The van der Waals surface area contributed by atoms with Gasteiger partial charge in [-0.1, -0.05) is 0 Å². The minimum Gasteiger partial charge on any atom is -0.381 e. The highest BCUT2D eigenvalue weighted by Gasteiger charge is 2.55. The third-order valence-electron chi connectivity index (χ3n) is 4.74. The van der Waals surface area contributed by atoms with E-state index in [1.165, 1.54) is 0 Å². The van der Waals surface area contributed by atoms with Crippen molar-refractivity contribution in [1.29, 1.82) is 0 Å². The van der Waals surface area contributed by atoms with Gasteiger partial charge in [0.05, 0.1) is 31.4 Å². The van der Waals surface area contributed by atoms with E-state index in [0.717, 1.165) is 25.2 Å². The summed E-state index contributed by atoms with van der Waals surface area (Å²) in [6.45, 7) is 2.23. The van der Waals surface area contributed by atoms with Gasteiger partial charge in [0.2, 0.25) is 5.91 Å². The van der Waals surface area contributed by atoms with Gasteiger partial charge in [-0.25, -0.2) is 0 Å². The van der Waals surface area contributed by atoms with Crippen molar-refractivity contribution < 1.29 is 14.3 Å². The lowest BCUT2D eigenvalue weighted by Crippen LogP contribution is -2.36. The van der Waals surface area contributed by atoms with E-state index in [9.17, 15) is 4.79 Å². The Morgan fingerprint density at radius 1 is 1.45 bits per heavy atom. The van der Waals surface area contributed by atoms with Crippen LogP contribution in [0.4, 0.5) is 0 Å². The zero-order valence-electron chi connectivity index (χ0n) is 11.5. The van der Waals surface area contributed by atoms with Crippen LogP contribution in [0.3, 0.4) is 0 Å². The van der Waals surface area contributed by atoms with Crippen molar-refractivity contribution in [2.45, 2.75) is 18.6 Å². The Hall–Kier alpha value is -1.40. The molecule has 4 rings (SSSR count). The topological polar surface area (TPSA) is 65.4 Å². The summed E-state index contributed by atoms with van der Waals surface area (Å²) >= 11 is 0.